The molecule has 1 atom stereocenters. The molecule has 1 unspecified atom stereocenters. The van der Waals surface area contributed by atoms with Gasteiger partial charge in [0.1, 0.15) is 16.2 Å². The van der Waals surface area contributed by atoms with Crippen LogP contribution in [0.4, 0.5) is 5.82 Å². The molecule has 0 saturated heterocycles. The summed E-state index contributed by atoms with van der Waals surface area (Å²) in [5.74, 6) is 1.76. The van der Waals surface area contributed by atoms with Crippen molar-refractivity contribution in [3.05, 3.63) is 16.5 Å². The summed E-state index contributed by atoms with van der Waals surface area (Å²) in [7, 11) is 0. The van der Waals surface area contributed by atoms with Crippen molar-refractivity contribution in [3.63, 3.8) is 0 Å². The minimum atomic E-state index is -0.0335. The van der Waals surface area contributed by atoms with Crippen molar-refractivity contribution in [1.29, 1.82) is 0 Å². The number of aromatic nitrogens is 2. The first-order valence-electron chi connectivity index (χ1n) is 6.14. The highest BCUT2D eigenvalue weighted by Crippen LogP contribution is 2.22. The fourth-order valence-corrected chi connectivity index (χ4v) is 1.97. The molecule has 0 amide bonds. The lowest BCUT2D eigenvalue weighted by molar-refractivity contribution is 0.543. The number of anilines is 1. The van der Waals surface area contributed by atoms with Crippen molar-refractivity contribution < 1.29 is 0 Å². The molecule has 1 aromatic rings. The molecule has 0 radical (unpaired) electrons. The summed E-state index contributed by atoms with van der Waals surface area (Å²) >= 11 is 3.44. The van der Waals surface area contributed by atoms with Crippen molar-refractivity contribution in [2.24, 2.45) is 0 Å². The molecule has 1 rings (SSSR count). The quantitative estimate of drug-likeness (QED) is 0.849. The summed E-state index contributed by atoms with van der Waals surface area (Å²) in [6, 6.07) is 2.37. The van der Waals surface area contributed by atoms with E-state index in [1.807, 2.05) is 6.07 Å². The monoisotopic (exact) mass is 299 g/mol. The van der Waals surface area contributed by atoms with E-state index >= 15 is 0 Å². The van der Waals surface area contributed by atoms with Gasteiger partial charge in [-0.15, -0.1) is 0 Å². The Morgan fingerprint density at radius 2 is 2.00 bits per heavy atom. The summed E-state index contributed by atoms with van der Waals surface area (Å²) in [6.07, 6.45) is 2.32. The van der Waals surface area contributed by atoms with Gasteiger partial charge < -0.3 is 5.32 Å². The largest absolute Gasteiger partial charge is 0.367 e. The van der Waals surface area contributed by atoms with E-state index in [0.29, 0.717) is 6.04 Å². The van der Waals surface area contributed by atoms with Gasteiger partial charge in [-0.2, -0.15) is 0 Å². The van der Waals surface area contributed by atoms with Crippen LogP contribution in [0.15, 0.2) is 10.7 Å². The maximum atomic E-state index is 4.57. The molecule has 0 aromatic carbocycles. The third-order valence-electron chi connectivity index (χ3n) is 2.48. The van der Waals surface area contributed by atoms with Crippen LogP contribution in [0.3, 0.4) is 0 Å². The second-order valence-corrected chi connectivity index (χ2v) is 6.30. The van der Waals surface area contributed by atoms with Gasteiger partial charge in [-0.3, -0.25) is 0 Å². The molecule has 0 fully saturated rings. The van der Waals surface area contributed by atoms with Crippen molar-refractivity contribution in [3.8, 4) is 0 Å². The molecule has 96 valence electrons. The second-order valence-electron chi connectivity index (χ2n) is 5.48. The fourth-order valence-electron chi connectivity index (χ4n) is 1.58. The number of rotatable bonds is 4. The molecule has 0 aliphatic rings. The topological polar surface area (TPSA) is 37.8 Å². The standard InChI is InChI=1S/C13H22BrN3/c1-6-7-9(2)15-11-8-10(14)16-12(17-11)13(3,4)5/h8-9H,6-7H2,1-5H3,(H,15,16,17). The maximum absolute atomic E-state index is 4.57. The van der Waals surface area contributed by atoms with Crippen LogP contribution < -0.4 is 5.32 Å². The van der Waals surface area contributed by atoms with Crippen LogP contribution in [0, 0.1) is 0 Å². The molecule has 17 heavy (non-hydrogen) atoms. The summed E-state index contributed by atoms with van der Waals surface area (Å²) in [5.41, 5.74) is -0.0335. The summed E-state index contributed by atoms with van der Waals surface area (Å²) < 4.78 is 0.837. The number of hydrogen-bond donors (Lipinski definition) is 1. The predicted octanol–water partition coefficient (Wildman–Crippen LogP) is 4.14. The lowest BCUT2D eigenvalue weighted by Gasteiger charge is -2.19. The summed E-state index contributed by atoms with van der Waals surface area (Å²) in [6.45, 7) is 10.7. The van der Waals surface area contributed by atoms with E-state index in [4.69, 9.17) is 0 Å². The van der Waals surface area contributed by atoms with Crippen LogP contribution in [-0.4, -0.2) is 16.0 Å². The lowest BCUT2D eigenvalue weighted by Crippen LogP contribution is -2.20. The Kier molecular flexibility index (Phi) is 4.92. The molecular formula is C13H22BrN3. The summed E-state index contributed by atoms with van der Waals surface area (Å²) in [4.78, 5) is 9.00. The van der Waals surface area contributed by atoms with Crippen molar-refractivity contribution >= 4 is 21.7 Å². The molecule has 1 heterocycles. The highest BCUT2D eigenvalue weighted by atomic mass is 79.9. The van der Waals surface area contributed by atoms with Crippen LogP contribution in [0.1, 0.15) is 53.3 Å². The zero-order chi connectivity index (χ0) is 13.1. The highest BCUT2D eigenvalue weighted by molar-refractivity contribution is 9.10. The van der Waals surface area contributed by atoms with Gasteiger partial charge in [-0.25, -0.2) is 9.97 Å². The minimum absolute atomic E-state index is 0.0335. The molecule has 0 aliphatic heterocycles. The van der Waals surface area contributed by atoms with E-state index in [9.17, 15) is 0 Å². The van der Waals surface area contributed by atoms with Gasteiger partial charge in [-0.1, -0.05) is 34.1 Å². The van der Waals surface area contributed by atoms with Crippen LogP contribution in [0.2, 0.25) is 0 Å². The molecule has 1 N–H and O–H groups in total. The first kappa shape index (κ1) is 14.4. The van der Waals surface area contributed by atoms with E-state index in [0.717, 1.165) is 22.7 Å². The third kappa shape index (κ3) is 4.62. The van der Waals surface area contributed by atoms with E-state index in [2.05, 4.69) is 65.8 Å². The molecule has 0 bridgehead atoms. The van der Waals surface area contributed by atoms with E-state index in [1.54, 1.807) is 0 Å². The van der Waals surface area contributed by atoms with Crippen molar-refractivity contribution in [2.45, 2.75) is 58.9 Å². The normalized spacial score (nSPS) is 13.5. The SMILES string of the molecule is CCCC(C)Nc1cc(Br)nc(C(C)(C)C)n1. The van der Waals surface area contributed by atoms with Crippen molar-refractivity contribution in [1.82, 2.24) is 9.97 Å². The Bertz CT molecular complexity index is 371. The third-order valence-corrected chi connectivity index (χ3v) is 2.89. The van der Waals surface area contributed by atoms with E-state index in [1.165, 1.54) is 6.42 Å². The van der Waals surface area contributed by atoms with Crippen LogP contribution in [0.25, 0.3) is 0 Å². The average molecular weight is 300 g/mol. The molecule has 4 heteroatoms. The van der Waals surface area contributed by atoms with Gasteiger partial charge in [0.25, 0.3) is 0 Å². The van der Waals surface area contributed by atoms with Gasteiger partial charge in [0.05, 0.1) is 0 Å². The van der Waals surface area contributed by atoms with Crippen LogP contribution in [-0.2, 0) is 5.41 Å². The zero-order valence-corrected chi connectivity index (χ0v) is 12.9. The van der Waals surface area contributed by atoms with Crippen LogP contribution in [0.5, 0.6) is 0 Å². The summed E-state index contributed by atoms with van der Waals surface area (Å²) in [5, 5.41) is 3.42. The Balaban J connectivity index is 2.90. The van der Waals surface area contributed by atoms with Gasteiger partial charge in [0.15, 0.2) is 0 Å². The molecular weight excluding hydrogens is 278 g/mol. The average Bonchev–Trinajstić information content (AvgIpc) is 2.15. The smallest absolute Gasteiger partial charge is 0.137 e. The lowest BCUT2D eigenvalue weighted by atomic mass is 9.96. The Morgan fingerprint density at radius 1 is 1.35 bits per heavy atom. The number of halogens is 1. The van der Waals surface area contributed by atoms with E-state index < -0.39 is 0 Å². The first-order valence-corrected chi connectivity index (χ1v) is 6.94. The number of nitrogens with zero attached hydrogens (tertiary/aromatic N) is 2. The zero-order valence-electron chi connectivity index (χ0n) is 11.3. The Labute approximate surface area is 113 Å². The minimum Gasteiger partial charge on any atom is -0.367 e. The molecule has 0 spiro atoms. The van der Waals surface area contributed by atoms with Gasteiger partial charge in [-0.05, 0) is 29.3 Å². The van der Waals surface area contributed by atoms with Gasteiger partial charge >= 0.3 is 0 Å². The Morgan fingerprint density at radius 3 is 2.53 bits per heavy atom. The maximum Gasteiger partial charge on any atom is 0.137 e. The molecule has 1 aromatic heterocycles. The number of nitrogens with one attached hydrogen (secondary N) is 1. The number of hydrogen-bond acceptors (Lipinski definition) is 3. The van der Waals surface area contributed by atoms with Crippen molar-refractivity contribution in [2.75, 3.05) is 5.32 Å². The van der Waals surface area contributed by atoms with E-state index in [-0.39, 0.29) is 5.41 Å². The predicted molar refractivity (Wildman–Crippen MR) is 76.4 cm³/mol. The van der Waals surface area contributed by atoms with Gasteiger partial charge in [0.2, 0.25) is 0 Å². The fraction of sp³-hybridized carbons (Fsp3) is 0.692. The highest BCUT2D eigenvalue weighted by Gasteiger charge is 2.19. The molecule has 0 aliphatic carbocycles. The molecule has 3 nitrogen and oxygen atoms in total. The molecule has 0 saturated carbocycles. The van der Waals surface area contributed by atoms with Gasteiger partial charge in [0, 0.05) is 17.5 Å². The second kappa shape index (κ2) is 5.80. The Hall–Kier alpha value is -0.640. The van der Waals surface area contributed by atoms with Crippen LogP contribution >= 0.6 is 15.9 Å². The first-order chi connectivity index (χ1) is 7.82.